The largest absolute Gasteiger partial charge is 0.444 e. The number of nitrogens with zero attached hydrogens (tertiary/aromatic N) is 5. The van der Waals surface area contributed by atoms with Crippen molar-refractivity contribution < 1.29 is 14.3 Å². The average molecular weight is 428 g/mol. The maximum absolute atomic E-state index is 12.9. The monoisotopic (exact) mass is 427 g/mol. The minimum atomic E-state index is -0.512. The smallest absolute Gasteiger partial charge is 0.410 e. The first kappa shape index (κ1) is 20.5. The Morgan fingerprint density at radius 3 is 2.55 bits per heavy atom. The van der Waals surface area contributed by atoms with Gasteiger partial charge in [-0.15, -0.1) is 0 Å². The Morgan fingerprint density at radius 2 is 1.84 bits per heavy atom. The second-order valence-corrected chi connectivity index (χ2v) is 9.94. The molecule has 168 valence electrons. The van der Waals surface area contributed by atoms with E-state index in [-0.39, 0.29) is 12.1 Å². The maximum Gasteiger partial charge on any atom is 0.410 e. The van der Waals surface area contributed by atoms with Gasteiger partial charge in [0.25, 0.3) is 0 Å². The number of fused-ring (bicyclic) bond motifs is 1. The fourth-order valence-electron chi connectivity index (χ4n) is 4.54. The lowest BCUT2D eigenvalue weighted by molar-refractivity contribution is 0.00897. The summed E-state index contributed by atoms with van der Waals surface area (Å²) >= 11 is 0. The van der Waals surface area contributed by atoms with E-state index in [1.54, 1.807) is 0 Å². The number of carbonyl (C=O) groups excluding carboxylic acids is 1. The molecule has 1 unspecified atom stereocenters. The van der Waals surface area contributed by atoms with Gasteiger partial charge in [-0.25, -0.2) is 9.78 Å². The zero-order chi connectivity index (χ0) is 21.6. The van der Waals surface area contributed by atoms with Gasteiger partial charge >= 0.3 is 6.09 Å². The molecule has 3 aliphatic rings. The summed E-state index contributed by atoms with van der Waals surface area (Å²) in [5.74, 6) is 1.65. The highest BCUT2D eigenvalue weighted by Crippen LogP contribution is 2.41. The molecule has 1 atom stereocenters. The molecule has 8 heteroatoms. The summed E-state index contributed by atoms with van der Waals surface area (Å²) in [7, 11) is 0. The van der Waals surface area contributed by atoms with E-state index in [4.69, 9.17) is 19.6 Å². The summed E-state index contributed by atoms with van der Waals surface area (Å²) in [4.78, 5) is 22.0. The average Bonchev–Trinajstić information content (AvgIpc) is 3.51. The molecule has 0 spiro atoms. The van der Waals surface area contributed by atoms with Crippen molar-refractivity contribution in [3.8, 4) is 0 Å². The summed E-state index contributed by atoms with van der Waals surface area (Å²) in [6.07, 6.45) is 5.13. The summed E-state index contributed by atoms with van der Waals surface area (Å²) in [6, 6.07) is 4.20. The molecular weight excluding hydrogens is 394 g/mol. The summed E-state index contributed by atoms with van der Waals surface area (Å²) < 4.78 is 13.2. The first-order valence-electron chi connectivity index (χ1n) is 11.6. The highest BCUT2D eigenvalue weighted by atomic mass is 16.6. The Morgan fingerprint density at radius 1 is 1.06 bits per heavy atom. The molecule has 2 saturated heterocycles. The van der Waals surface area contributed by atoms with Crippen LogP contribution in [0, 0.1) is 0 Å². The van der Waals surface area contributed by atoms with Gasteiger partial charge in [-0.1, -0.05) is 0 Å². The number of piperidine rings is 1. The lowest BCUT2D eigenvalue weighted by atomic mass is 10.00. The number of morpholine rings is 1. The standard InChI is InChI=1S/C23H33N5O3/c1-23(2,3)31-22(29)27-9-5-4-6-19(27)18-14-20-24-17(16-7-8-16)15-21(28(20)25-18)26-10-12-30-13-11-26/h14-16,19H,4-13H2,1-3H3. The van der Waals surface area contributed by atoms with Gasteiger partial charge in [-0.05, 0) is 52.9 Å². The predicted octanol–water partition coefficient (Wildman–Crippen LogP) is 3.91. The van der Waals surface area contributed by atoms with Gasteiger partial charge in [-0.2, -0.15) is 9.61 Å². The molecule has 31 heavy (non-hydrogen) atoms. The third-order valence-electron chi connectivity index (χ3n) is 6.25. The van der Waals surface area contributed by atoms with Crippen LogP contribution in [0.1, 0.15) is 76.2 Å². The molecule has 0 aromatic carbocycles. The van der Waals surface area contributed by atoms with Crippen LogP contribution >= 0.6 is 0 Å². The van der Waals surface area contributed by atoms with Crippen LogP contribution in [0.3, 0.4) is 0 Å². The van der Waals surface area contributed by atoms with Crippen LogP contribution in [0.4, 0.5) is 10.6 Å². The molecular formula is C23H33N5O3. The van der Waals surface area contributed by atoms with Crippen LogP contribution in [-0.4, -0.2) is 64.0 Å². The Balaban J connectivity index is 1.51. The number of rotatable bonds is 3. The van der Waals surface area contributed by atoms with E-state index in [1.807, 2.05) is 30.2 Å². The maximum atomic E-state index is 12.9. The minimum absolute atomic E-state index is 0.0767. The molecule has 4 heterocycles. The van der Waals surface area contributed by atoms with Crippen molar-refractivity contribution in [1.82, 2.24) is 19.5 Å². The number of anilines is 1. The first-order chi connectivity index (χ1) is 14.9. The molecule has 2 aliphatic heterocycles. The third kappa shape index (κ3) is 4.35. The van der Waals surface area contributed by atoms with Crippen molar-refractivity contribution in [3.63, 3.8) is 0 Å². The van der Waals surface area contributed by atoms with Gasteiger partial charge < -0.3 is 14.4 Å². The number of ether oxygens (including phenoxy) is 2. The van der Waals surface area contributed by atoms with Crippen LogP contribution < -0.4 is 4.90 Å². The van der Waals surface area contributed by atoms with Gasteiger partial charge in [0.1, 0.15) is 11.4 Å². The Hall–Kier alpha value is -2.35. The number of amides is 1. The van der Waals surface area contributed by atoms with Crippen LogP contribution in [-0.2, 0) is 9.47 Å². The molecule has 8 nitrogen and oxygen atoms in total. The van der Waals surface area contributed by atoms with Crippen LogP contribution in [0.5, 0.6) is 0 Å². The van der Waals surface area contributed by atoms with Crippen molar-refractivity contribution in [2.75, 3.05) is 37.7 Å². The van der Waals surface area contributed by atoms with E-state index in [9.17, 15) is 4.79 Å². The number of hydrogen-bond acceptors (Lipinski definition) is 6. The molecule has 1 aliphatic carbocycles. The van der Waals surface area contributed by atoms with Gasteiger partial charge in [0, 0.05) is 43.4 Å². The molecule has 2 aromatic heterocycles. The lowest BCUT2D eigenvalue weighted by Gasteiger charge is -2.35. The quantitative estimate of drug-likeness (QED) is 0.740. The summed E-state index contributed by atoms with van der Waals surface area (Å²) in [6.45, 7) is 9.59. The van der Waals surface area contributed by atoms with Crippen LogP contribution in [0.15, 0.2) is 12.1 Å². The highest BCUT2D eigenvalue weighted by molar-refractivity contribution is 5.69. The molecule has 3 fully saturated rings. The van der Waals surface area contributed by atoms with Crippen molar-refractivity contribution in [3.05, 3.63) is 23.5 Å². The van der Waals surface area contributed by atoms with Crippen molar-refractivity contribution >= 4 is 17.6 Å². The van der Waals surface area contributed by atoms with E-state index in [0.717, 1.165) is 68.4 Å². The van der Waals surface area contributed by atoms with E-state index in [0.29, 0.717) is 12.5 Å². The van der Waals surface area contributed by atoms with Crippen LogP contribution in [0.2, 0.25) is 0 Å². The molecule has 1 amide bonds. The van der Waals surface area contributed by atoms with Crippen molar-refractivity contribution in [2.24, 2.45) is 0 Å². The second-order valence-electron chi connectivity index (χ2n) is 9.94. The number of hydrogen-bond donors (Lipinski definition) is 0. The van der Waals surface area contributed by atoms with Crippen LogP contribution in [0.25, 0.3) is 5.65 Å². The summed E-state index contributed by atoms with van der Waals surface area (Å²) in [5, 5.41) is 4.98. The SMILES string of the molecule is CC(C)(C)OC(=O)N1CCCCC1c1cc2nc(C3CC3)cc(N3CCOCC3)n2n1. The Kier molecular flexibility index (Phi) is 5.28. The lowest BCUT2D eigenvalue weighted by Crippen LogP contribution is -2.42. The fourth-order valence-corrected chi connectivity index (χ4v) is 4.54. The Bertz CT molecular complexity index is 956. The third-order valence-corrected chi connectivity index (χ3v) is 6.25. The summed E-state index contributed by atoms with van der Waals surface area (Å²) in [5.41, 5.74) is 2.42. The number of aromatic nitrogens is 3. The van der Waals surface area contributed by atoms with E-state index in [2.05, 4.69) is 17.0 Å². The normalized spacial score (nSPS) is 22.7. The van der Waals surface area contributed by atoms with Gasteiger partial charge in [0.2, 0.25) is 0 Å². The highest BCUT2D eigenvalue weighted by Gasteiger charge is 2.34. The predicted molar refractivity (Wildman–Crippen MR) is 118 cm³/mol. The van der Waals surface area contributed by atoms with E-state index >= 15 is 0 Å². The number of carbonyl (C=O) groups is 1. The molecule has 1 saturated carbocycles. The van der Waals surface area contributed by atoms with Gasteiger partial charge in [0.15, 0.2) is 5.65 Å². The topological polar surface area (TPSA) is 72.2 Å². The zero-order valence-electron chi connectivity index (χ0n) is 18.8. The Labute approximate surface area is 183 Å². The van der Waals surface area contributed by atoms with E-state index < -0.39 is 5.60 Å². The molecule has 2 aromatic rings. The number of likely N-dealkylation sites (tertiary alicyclic amines) is 1. The first-order valence-corrected chi connectivity index (χ1v) is 11.6. The fraction of sp³-hybridized carbons (Fsp3) is 0.696. The molecule has 5 rings (SSSR count). The molecule has 0 radical (unpaired) electrons. The van der Waals surface area contributed by atoms with Crippen molar-refractivity contribution in [1.29, 1.82) is 0 Å². The van der Waals surface area contributed by atoms with Gasteiger partial charge in [-0.3, -0.25) is 4.90 Å². The van der Waals surface area contributed by atoms with Gasteiger partial charge in [0.05, 0.1) is 24.9 Å². The minimum Gasteiger partial charge on any atom is -0.444 e. The van der Waals surface area contributed by atoms with Crippen molar-refractivity contribution in [2.45, 2.75) is 70.4 Å². The molecule has 0 bridgehead atoms. The zero-order valence-corrected chi connectivity index (χ0v) is 18.8. The van der Waals surface area contributed by atoms with E-state index in [1.165, 1.54) is 12.8 Å². The molecule has 0 N–H and O–H groups in total. The second kappa shape index (κ2) is 7.97.